The Labute approximate surface area is 223 Å². The minimum atomic E-state index is -0.493. The minimum Gasteiger partial charge on any atom is -0.469 e. The Morgan fingerprint density at radius 3 is 2.32 bits per heavy atom. The maximum absolute atomic E-state index is 12.4. The lowest BCUT2D eigenvalue weighted by Gasteiger charge is -2.17. The maximum Gasteiger partial charge on any atom is 0.243 e. The van der Waals surface area contributed by atoms with Crippen molar-refractivity contribution in [3.63, 3.8) is 0 Å². The minimum absolute atomic E-state index is 0.0871. The molecule has 38 heavy (non-hydrogen) atoms. The van der Waals surface area contributed by atoms with E-state index in [4.69, 9.17) is 4.74 Å². The molecule has 206 valence electrons. The van der Waals surface area contributed by atoms with Crippen molar-refractivity contribution in [2.24, 2.45) is 11.8 Å². The zero-order valence-corrected chi connectivity index (χ0v) is 22.3. The molecule has 2 unspecified atom stereocenters. The molecule has 0 radical (unpaired) electrons. The van der Waals surface area contributed by atoms with Gasteiger partial charge in [0.05, 0.1) is 13.1 Å². The van der Waals surface area contributed by atoms with Crippen LogP contribution in [0.25, 0.3) is 0 Å². The van der Waals surface area contributed by atoms with E-state index in [9.17, 15) is 28.8 Å². The topological polar surface area (TPSA) is 151 Å². The molecule has 1 aromatic rings. The summed E-state index contributed by atoms with van der Waals surface area (Å²) in [6.45, 7) is 4.01. The second-order valence-corrected chi connectivity index (χ2v) is 9.47. The van der Waals surface area contributed by atoms with Crippen molar-refractivity contribution in [2.75, 3.05) is 25.0 Å². The van der Waals surface area contributed by atoms with Crippen molar-refractivity contribution >= 4 is 48.9 Å². The molecular weight excluding hydrogens is 491 g/mol. The molecule has 1 aliphatic rings. The SMILES string of the molecule is BC(=O)OCc1ccc(NC(=O)CNC(=O)CNC(=O)CCCCCN2C(=O)CC(C(C)CC)C2=O)cc1. The Bertz CT molecular complexity index is 1020. The van der Waals surface area contributed by atoms with E-state index in [0.29, 0.717) is 31.5 Å². The van der Waals surface area contributed by atoms with Crippen LogP contribution in [0.1, 0.15) is 57.9 Å². The van der Waals surface area contributed by atoms with Crippen LogP contribution in [-0.4, -0.2) is 67.8 Å². The normalized spacial score (nSPS) is 15.6. The van der Waals surface area contributed by atoms with Gasteiger partial charge in [-0.2, -0.15) is 0 Å². The first kappa shape index (κ1) is 30.5. The largest absolute Gasteiger partial charge is 0.469 e. The van der Waals surface area contributed by atoms with Crippen molar-refractivity contribution in [1.82, 2.24) is 15.5 Å². The number of amides is 5. The Morgan fingerprint density at radius 1 is 1.00 bits per heavy atom. The fraction of sp³-hybridized carbons (Fsp3) is 0.538. The summed E-state index contributed by atoms with van der Waals surface area (Å²) in [5.74, 6) is -1.83. The van der Waals surface area contributed by atoms with Gasteiger partial charge in [-0.1, -0.05) is 38.8 Å². The predicted molar refractivity (Wildman–Crippen MR) is 143 cm³/mol. The Hall–Kier alpha value is -3.70. The molecule has 1 saturated heterocycles. The number of rotatable bonds is 15. The molecule has 1 heterocycles. The molecule has 1 fully saturated rings. The lowest BCUT2D eigenvalue weighted by Crippen LogP contribution is -2.40. The van der Waals surface area contributed by atoms with Gasteiger partial charge < -0.3 is 20.7 Å². The van der Waals surface area contributed by atoms with Crippen molar-refractivity contribution in [1.29, 1.82) is 0 Å². The van der Waals surface area contributed by atoms with Crippen LogP contribution in [0.5, 0.6) is 0 Å². The first-order valence-electron chi connectivity index (χ1n) is 13.0. The number of anilines is 1. The second-order valence-electron chi connectivity index (χ2n) is 9.47. The average Bonchev–Trinajstić information content (AvgIpc) is 3.18. The number of carbonyl (C=O) groups is 6. The molecule has 0 saturated carbocycles. The van der Waals surface area contributed by atoms with Gasteiger partial charge in [-0.3, -0.25) is 33.7 Å². The molecule has 12 heteroatoms. The molecule has 11 nitrogen and oxygen atoms in total. The van der Waals surface area contributed by atoms with Crippen LogP contribution in [0.2, 0.25) is 0 Å². The summed E-state index contributed by atoms with van der Waals surface area (Å²) >= 11 is 0. The number of benzene rings is 1. The molecule has 5 amide bonds. The molecule has 1 aromatic carbocycles. The molecule has 1 aliphatic heterocycles. The van der Waals surface area contributed by atoms with Gasteiger partial charge in [-0.25, -0.2) is 0 Å². The fourth-order valence-corrected chi connectivity index (χ4v) is 3.99. The number of likely N-dealkylation sites (tertiary alicyclic amines) is 1. The van der Waals surface area contributed by atoms with Gasteiger partial charge in [0, 0.05) is 31.0 Å². The number of carbonyl (C=O) groups excluding carboxylic acids is 6. The van der Waals surface area contributed by atoms with Crippen LogP contribution < -0.4 is 16.0 Å². The molecule has 2 rings (SSSR count). The molecule has 0 aromatic heterocycles. The summed E-state index contributed by atoms with van der Waals surface area (Å²) in [4.78, 5) is 72.7. The standard InChI is InChI=1S/C26H37BN4O7/c1-3-17(2)20-13-24(35)31(25(20)36)12-6-4-5-7-21(32)28-14-22(33)29-15-23(34)30-19-10-8-18(9-11-19)16-38-26(27)37/h8-11,17,20H,3-7,12-16,27H2,1-2H3,(H,28,32)(H,29,33)(H,30,34). The Kier molecular flexibility index (Phi) is 12.5. The number of ether oxygens (including phenoxy) is 1. The quantitative estimate of drug-likeness (QED) is 0.175. The van der Waals surface area contributed by atoms with Crippen LogP contribution >= 0.6 is 0 Å². The number of hydrogen-bond donors (Lipinski definition) is 3. The maximum atomic E-state index is 12.4. The molecule has 2 atom stereocenters. The lowest BCUT2D eigenvalue weighted by atomic mass is 9.90. The number of nitrogens with one attached hydrogen (secondary N) is 3. The van der Waals surface area contributed by atoms with E-state index < -0.39 is 11.8 Å². The second kappa shape index (κ2) is 15.5. The smallest absolute Gasteiger partial charge is 0.243 e. The van der Waals surface area contributed by atoms with Gasteiger partial charge in [-0.15, -0.1) is 0 Å². The Morgan fingerprint density at radius 2 is 1.66 bits per heavy atom. The molecule has 0 spiro atoms. The molecule has 0 aliphatic carbocycles. The summed E-state index contributed by atoms with van der Waals surface area (Å²) in [6.07, 6.45) is 3.23. The third-order valence-electron chi connectivity index (χ3n) is 6.47. The van der Waals surface area contributed by atoms with Crippen LogP contribution in [0, 0.1) is 11.8 Å². The zero-order chi connectivity index (χ0) is 28.1. The number of hydrogen-bond acceptors (Lipinski definition) is 7. The first-order chi connectivity index (χ1) is 18.1. The highest BCUT2D eigenvalue weighted by Crippen LogP contribution is 2.28. The van der Waals surface area contributed by atoms with Gasteiger partial charge in [0.1, 0.15) is 6.61 Å². The lowest BCUT2D eigenvalue weighted by molar-refractivity contribution is -0.140. The summed E-state index contributed by atoms with van der Waals surface area (Å²) in [5, 5.41) is 7.59. The molecule has 3 N–H and O–H groups in total. The monoisotopic (exact) mass is 528 g/mol. The highest BCUT2D eigenvalue weighted by molar-refractivity contribution is 6.55. The van der Waals surface area contributed by atoms with E-state index in [0.717, 1.165) is 12.0 Å². The van der Waals surface area contributed by atoms with Crippen LogP contribution in [0.4, 0.5) is 10.5 Å². The van der Waals surface area contributed by atoms with Gasteiger partial charge in [0.25, 0.3) is 0 Å². The molecule has 0 bridgehead atoms. The van der Waals surface area contributed by atoms with Crippen molar-refractivity contribution in [3.05, 3.63) is 29.8 Å². The van der Waals surface area contributed by atoms with Gasteiger partial charge in [0.15, 0.2) is 0 Å². The summed E-state index contributed by atoms with van der Waals surface area (Å²) in [7, 11) is 1.32. The highest BCUT2D eigenvalue weighted by Gasteiger charge is 2.40. The average molecular weight is 528 g/mol. The Balaban J connectivity index is 1.55. The van der Waals surface area contributed by atoms with Gasteiger partial charge >= 0.3 is 0 Å². The summed E-state index contributed by atoms with van der Waals surface area (Å²) < 4.78 is 4.90. The zero-order valence-electron chi connectivity index (χ0n) is 22.3. The van der Waals surface area contributed by atoms with Crippen molar-refractivity contribution < 1.29 is 33.5 Å². The van der Waals surface area contributed by atoms with Crippen LogP contribution in [-0.2, 0) is 35.3 Å². The van der Waals surface area contributed by atoms with Crippen LogP contribution in [0.15, 0.2) is 24.3 Å². The fourth-order valence-electron chi connectivity index (χ4n) is 3.99. The number of imide groups is 1. The third kappa shape index (κ3) is 10.4. The van der Waals surface area contributed by atoms with E-state index >= 15 is 0 Å². The van der Waals surface area contributed by atoms with Crippen LogP contribution in [0.3, 0.4) is 0 Å². The van der Waals surface area contributed by atoms with Gasteiger partial charge in [0.2, 0.25) is 43.3 Å². The number of unbranched alkanes of at least 4 members (excludes halogenated alkanes) is 2. The van der Waals surface area contributed by atoms with Crippen molar-refractivity contribution in [2.45, 2.75) is 59.0 Å². The van der Waals surface area contributed by atoms with E-state index in [1.165, 1.54) is 12.7 Å². The molecular formula is C26H37BN4O7. The van der Waals surface area contributed by atoms with E-state index in [2.05, 4.69) is 16.0 Å². The van der Waals surface area contributed by atoms with Crippen molar-refractivity contribution in [3.8, 4) is 0 Å². The third-order valence-corrected chi connectivity index (χ3v) is 6.47. The first-order valence-corrected chi connectivity index (χ1v) is 13.0. The summed E-state index contributed by atoms with van der Waals surface area (Å²) in [6, 6.07) is 6.73. The summed E-state index contributed by atoms with van der Waals surface area (Å²) in [5.41, 5.74) is 1.30. The van der Waals surface area contributed by atoms with E-state index in [1.54, 1.807) is 24.3 Å². The number of nitrogens with zero attached hydrogens (tertiary/aromatic N) is 1. The van der Waals surface area contributed by atoms with E-state index in [1.807, 2.05) is 13.8 Å². The highest BCUT2D eigenvalue weighted by atomic mass is 16.5. The van der Waals surface area contributed by atoms with E-state index in [-0.39, 0.29) is 68.0 Å². The predicted octanol–water partition coefficient (Wildman–Crippen LogP) is 1.11. The van der Waals surface area contributed by atoms with Gasteiger partial charge in [-0.05, 0) is 36.5 Å².